The molecule has 3 heterocycles. The fourth-order valence-corrected chi connectivity index (χ4v) is 5.72. The van der Waals surface area contributed by atoms with E-state index in [9.17, 15) is 13.2 Å². The third-order valence-corrected chi connectivity index (χ3v) is 7.51. The highest BCUT2D eigenvalue weighted by Gasteiger charge is 2.34. The molecule has 144 valence electrons. The maximum atomic E-state index is 13.1. The van der Waals surface area contributed by atoms with Crippen molar-refractivity contribution in [3.63, 3.8) is 0 Å². The highest BCUT2D eigenvalue weighted by molar-refractivity contribution is 7.89. The van der Waals surface area contributed by atoms with Gasteiger partial charge in [0.1, 0.15) is 0 Å². The molecule has 0 saturated carbocycles. The smallest absolute Gasteiger partial charge is 0.241 e. The van der Waals surface area contributed by atoms with E-state index >= 15 is 0 Å². The second kappa shape index (κ2) is 6.70. The maximum absolute atomic E-state index is 13.1. The number of benzene rings is 1. The van der Waals surface area contributed by atoms with Gasteiger partial charge in [-0.1, -0.05) is 0 Å². The molecule has 0 saturated heterocycles. The van der Waals surface area contributed by atoms with Crippen molar-refractivity contribution >= 4 is 33.0 Å². The predicted octanol–water partition coefficient (Wildman–Crippen LogP) is 2.29. The zero-order valence-corrected chi connectivity index (χ0v) is 17.0. The third kappa shape index (κ3) is 3.31. The molecule has 2 N–H and O–H groups in total. The predicted molar refractivity (Wildman–Crippen MR) is 106 cm³/mol. The number of primary sulfonamides is 1. The van der Waals surface area contributed by atoms with Gasteiger partial charge in [-0.25, -0.2) is 13.6 Å². The minimum atomic E-state index is -3.74. The number of nitrogens with two attached hydrogens (primary N) is 1. The Balaban J connectivity index is 1.55. The minimum absolute atomic E-state index is 0.0000312. The van der Waals surface area contributed by atoms with Gasteiger partial charge in [-0.2, -0.15) is 0 Å². The molecule has 8 heteroatoms. The van der Waals surface area contributed by atoms with Gasteiger partial charge in [-0.3, -0.25) is 9.69 Å². The Bertz CT molecular complexity index is 999. The van der Waals surface area contributed by atoms with Gasteiger partial charge in [0.05, 0.1) is 11.4 Å². The van der Waals surface area contributed by atoms with Crippen LogP contribution in [-0.4, -0.2) is 38.4 Å². The molecule has 0 radical (unpaired) electrons. The first kappa shape index (κ1) is 18.6. The lowest BCUT2D eigenvalue weighted by Crippen LogP contribution is -2.45. The summed E-state index contributed by atoms with van der Waals surface area (Å²) in [6.45, 7) is 5.37. The first-order valence-electron chi connectivity index (χ1n) is 9.04. The molecule has 1 amide bonds. The summed E-state index contributed by atoms with van der Waals surface area (Å²) in [6, 6.07) is 7.16. The van der Waals surface area contributed by atoms with E-state index in [4.69, 9.17) is 5.14 Å². The van der Waals surface area contributed by atoms with E-state index in [-0.39, 0.29) is 22.9 Å². The van der Waals surface area contributed by atoms with E-state index in [0.717, 1.165) is 24.2 Å². The molecule has 4 rings (SSSR count). The van der Waals surface area contributed by atoms with Gasteiger partial charge in [-0.05, 0) is 67.5 Å². The summed E-state index contributed by atoms with van der Waals surface area (Å²) in [7, 11) is -3.74. The van der Waals surface area contributed by atoms with E-state index < -0.39 is 10.0 Å². The summed E-state index contributed by atoms with van der Waals surface area (Å²) in [5.74, 6) is 0.0511. The van der Waals surface area contributed by atoms with Crippen molar-refractivity contribution in [2.45, 2.75) is 43.7 Å². The number of nitrogens with zero attached hydrogens (tertiary/aromatic N) is 2. The van der Waals surface area contributed by atoms with Gasteiger partial charge in [0.15, 0.2) is 0 Å². The fourth-order valence-electron chi connectivity index (χ4n) is 4.19. The van der Waals surface area contributed by atoms with Crippen LogP contribution in [0.3, 0.4) is 0 Å². The van der Waals surface area contributed by atoms with Crippen molar-refractivity contribution in [1.29, 1.82) is 0 Å². The van der Waals surface area contributed by atoms with Crippen LogP contribution in [0.4, 0.5) is 5.69 Å². The number of carbonyl (C=O) groups excluding carboxylic acids is 1. The molecule has 2 aromatic rings. The number of hydrogen-bond donors (Lipinski definition) is 1. The Morgan fingerprint density at radius 2 is 2.07 bits per heavy atom. The lowest BCUT2D eigenvalue weighted by Gasteiger charge is -2.35. The average Bonchev–Trinajstić information content (AvgIpc) is 3.19. The molecule has 0 aliphatic carbocycles. The Morgan fingerprint density at radius 3 is 2.81 bits per heavy atom. The Hall–Kier alpha value is -1.74. The molecule has 0 spiro atoms. The van der Waals surface area contributed by atoms with Crippen molar-refractivity contribution in [3.8, 4) is 0 Å². The highest BCUT2D eigenvalue weighted by atomic mass is 32.2. The van der Waals surface area contributed by atoms with Crippen molar-refractivity contribution < 1.29 is 13.2 Å². The van der Waals surface area contributed by atoms with Gasteiger partial charge in [0, 0.05) is 29.2 Å². The minimum Gasteiger partial charge on any atom is -0.308 e. The van der Waals surface area contributed by atoms with Gasteiger partial charge in [-0.15, -0.1) is 11.3 Å². The number of carbonyl (C=O) groups is 1. The number of sulfonamides is 1. The molecule has 2 aliphatic heterocycles. The highest BCUT2D eigenvalue weighted by Crippen LogP contribution is 2.36. The lowest BCUT2D eigenvalue weighted by atomic mass is 10.0. The van der Waals surface area contributed by atoms with Crippen LogP contribution < -0.4 is 10.0 Å². The zero-order valence-electron chi connectivity index (χ0n) is 15.4. The molecule has 2 atom stereocenters. The van der Waals surface area contributed by atoms with E-state index in [0.29, 0.717) is 13.0 Å². The Labute approximate surface area is 163 Å². The van der Waals surface area contributed by atoms with E-state index in [1.54, 1.807) is 28.4 Å². The topological polar surface area (TPSA) is 83.7 Å². The van der Waals surface area contributed by atoms with Crippen molar-refractivity contribution in [1.82, 2.24) is 4.90 Å². The number of hydrogen-bond acceptors (Lipinski definition) is 5. The van der Waals surface area contributed by atoms with Gasteiger partial charge in [0.2, 0.25) is 15.9 Å². The quantitative estimate of drug-likeness (QED) is 0.849. The summed E-state index contributed by atoms with van der Waals surface area (Å²) in [5, 5.41) is 7.35. The first-order valence-corrected chi connectivity index (χ1v) is 11.5. The Morgan fingerprint density at radius 1 is 1.30 bits per heavy atom. The number of anilines is 1. The van der Waals surface area contributed by atoms with E-state index in [1.165, 1.54) is 16.5 Å². The van der Waals surface area contributed by atoms with Crippen LogP contribution in [-0.2, 0) is 27.7 Å². The summed E-state index contributed by atoms with van der Waals surface area (Å²) in [6.07, 6.45) is 1.61. The molecule has 6 nitrogen and oxygen atoms in total. The standard InChI is InChI=1S/C19H23N3O3S2/c1-12-9-14-10-15(27(20,24)25)3-4-17(14)22(12)19(23)11-21-7-5-18-16(13(21)2)6-8-26-18/h3-4,6,8,10,12-13H,5,7,9,11H2,1-2H3,(H2,20,24,25). The third-order valence-electron chi connectivity index (χ3n) is 5.61. The fraction of sp³-hybridized carbons (Fsp3) is 0.421. The van der Waals surface area contributed by atoms with Crippen molar-refractivity contribution in [3.05, 3.63) is 45.6 Å². The maximum Gasteiger partial charge on any atom is 0.241 e. The molecule has 1 aromatic carbocycles. The number of rotatable bonds is 3. The largest absolute Gasteiger partial charge is 0.308 e. The average molecular weight is 406 g/mol. The molecule has 2 aliphatic rings. The van der Waals surface area contributed by atoms with Crippen molar-refractivity contribution in [2.75, 3.05) is 18.0 Å². The molecule has 0 bridgehead atoms. The first-order chi connectivity index (χ1) is 12.8. The summed E-state index contributed by atoms with van der Waals surface area (Å²) in [5.41, 5.74) is 2.97. The van der Waals surface area contributed by atoms with Gasteiger partial charge >= 0.3 is 0 Å². The van der Waals surface area contributed by atoms with Crippen LogP contribution in [0, 0.1) is 0 Å². The molecular formula is C19H23N3O3S2. The van der Waals surface area contributed by atoms with Crippen LogP contribution in [0.15, 0.2) is 34.5 Å². The zero-order chi connectivity index (χ0) is 19.3. The van der Waals surface area contributed by atoms with E-state index in [1.807, 2.05) is 6.92 Å². The second-order valence-electron chi connectivity index (χ2n) is 7.35. The van der Waals surface area contributed by atoms with Crippen LogP contribution >= 0.6 is 11.3 Å². The number of amides is 1. The lowest BCUT2D eigenvalue weighted by molar-refractivity contribution is -0.120. The molecular weight excluding hydrogens is 382 g/mol. The van der Waals surface area contributed by atoms with Crippen LogP contribution in [0.25, 0.3) is 0 Å². The van der Waals surface area contributed by atoms with Gasteiger partial charge in [0.25, 0.3) is 0 Å². The summed E-state index contributed by atoms with van der Waals surface area (Å²) < 4.78 is 23.2. The van der Waals surface area contributed by atoms with Crippen LogP contribution in [0.1, 0.15) is 35.9 Å². The number of thiophene rings is 1. The van der Waals surface area contributed by atoms with Crippen LogP contribution in [0.5, 0.6) is 0 Å². The Kier molecular flexibility index (Phi) is 4.62. The van der Waals surface area contributed by atoms with Crippen LogP contribution in [0.2, 0.25) is 0 Å². The second-order valence-corrected chi connectivity index (χ2v) is 9.91. The number of fused-ring (bicyclic) bond motifs is 2. The monoisotopic (exact) mass is 405 g/mol. The molecule has 2 unspecified atom stereocenters. The summed E-state index contributed by atoms with van der Waals surface area (Å²) in [4.78, 5) is 18.6. The van der Waals surface area contributed by atoms with Crippen molar-refractivity contribution in [2.24, 2.45) is 5.14 Å². The van der Waals surface area contributed by atoms with E-state index in [2.05, 4.69) is 23.3 Å². The normalized spacial score (nSPS) is 22.6. The summed E-state index contributed by atoms with van der Waals surface area (Å²) >= 11 is 1.79. The molecule has 1 aromatic heterocycles. The SMILES string of the molecule is CC1c2ccsc2CCN1CC(=O)N1c2ccc(S(N)(=O)=O)cc2CC1C. The molecule has 0 fully saturated rings. The van der Waals surface area contributed by atoms with Gasteiger partial charge < -0.3 is 4.90 Å². The molecule has 27 heavy (non-hydrogen) atoms.